The van der Waals surface area contributed by atoms with Crippen LogP contribution in [-0.2, 0) is 9.59 Å². The molecule has 7 nitrogen and oxygen atoms in total. The van der Waals surface area contributed by atoms with Crippen LogP contribution in [0.15, 0.2) is 53.2 Å². The van der Waals surface area contributed by atoms with Gasteiger partial charge in [-0.1, -0.05) is 29.8 Å². The van der Waals surface area contributed by atoms with Crippen LogP contribution in [0.5, 0.6) is 11.5 Å². The van der Waals surface area contributed by atoms with E-state index in [1.807, 2.05) is 0 Å². The third-order valence-electron chi connectivity index (χ3n) is 3.78. The van der Waals surface area contributed by atoms with Gasteiger partial charge < -0.3 is 14.8 Å². The zero-order valence-corrected chi connectivity index (χ0v) is 15.6. The molecule has 0 amide bonds. The largest absolute Gasteiger partial charge is 0.426 e. The van der Waals surface area contributed by atoms with Crippen molar-refractivity contribution in [3.8, 4) is 11.5 Å². The number of Topliss-reactive ketones (excluding diaryl/α,β-unsaturated/α-hetero) is 2. The number of fused-ring (bicyclic) bond motifs is 1. The molecular formula is C20H14ClNO6. The summed E-state index contributed by atoms with van der Waals surface area (Å²) < 4.78 is 10.1. The Balaban J connectivity index is 2.17. The van der Waals surface area contributed by atoms with Crippen LogP contribution >= 0.6 is 11.6 Å². The molecule has 8 heteroatoms. The van der Waals surface area contributed by atoms with Crippen molar-refractivity contribution >= 4 is 40.8 Å². The minimum Gasteiger partial charge on any atom is -0.426 e. The van der Waals surface area contributed by atoms with Gasteiger partial charge in [-0.3, -0.25) is 19.2 Å². The summed E-state index contributed by atoms with van der Waals surface area (Å²) in [5.41, 5.74) is -0.0755. The van der Waals surface area contributed by atoms with Gasteiger partial charge >= 0.3 is 11.9 Å². The van der Waals surface area contributed by atoms with E-state index in [1.165, 1.54) is 12.1 Å². The van der Waals surface area contributed by atoms with Crippen molar-refractivity contribution in [3.63, 3.8) is 0 Å². The number of carbonyl (C=O) groups is 4. The number of esters is 2. The van der Waals surface area contributed by atoms with Crippen LogP contribution in [0.4, 0.5) is 5.69 Å². The van der Waals surface area contributed by atoms with Gasteiger partial charge in [0.05, 0.1) is 11.1 Å². The predicted octanol–water partition coefficient (Wildman–Crippen LogP) is 3.48. The van der Waals surface area contributed by atoms with Gasteiger partial charge in [-0.2, -0.15) is 0 Å². The lowest BCUT2D eigenvalue weighted by Crippen LogP contribution is -2.26. The van der Waals surface area contributed by atoms with Crippen LogP contribution in [0.2, 0.25) is 0 Å². The monoisotopic (exact) mass is 399 g/mol. The average molecular weight is 400 g/mol. The van der Waals surface area contributed by atoms with Gasteiger partial charge in [0.1, 0.15) is 22.2 Å². The second kappa shape index (κ2) is 7.66. The molecule has 0 aromatic heterocycles. The third-order valence-corrected chi connectivity index (χ3v) is 4.14. The number of ketones is 2. The number of rotatable bonds is 4. The van der Waals surface area contributed by atoms with Gasteiger partial charge in [-0.25, -0.2) is 0 Å². The molecule has 2 aromatic rings. The first-order valence-corrected chi connectivity index (χ1v) is 8.52. The van der Waals surface area contributed by atoms with E-state index < -0.39 is 23.5 Å². The molecule has 1 N–H and O–H groups in total. The van der Waals surface area contributed by atoms with Crippen molar-refractivity contribution in [1.82, 2.24) is 0 Å². The molecule has 1 aliphatic carbocycles. The normalized spacial score (nSPS) is 13.1. The number of hydrogen-bond acceptors (Lipinski definition) is 7. The van der Waals surface area contributed by atoms with Crippen molar-refractivity contribution in [3.05, 3.63) is 64.3 Å². The molecule has 1 aliphatic rings. The zero-order chi connectivity index (χ0) is 20.4. The van der Waals surface area contributed by atoms with Crippen molar-refractivity contribution in [1.29, 1.82) is 0 Å². The predicted molar refractivity (Wildman–Crippen MR) is 101 cm³/mol. The molecule has 0 unspecified atom stereocenters. The molecule has 2 aromatic carbocycles. The van der Waals surface area contributed by atoms with Crippen molar-refractivity contribution in [2.24, 2.45) is 0 Å². The second-order valence-corrected chi connectivity index (χ2v) is 6.22. The number of allylic oxidation sites excluding steroid dienone is 2. The Morgan fingerprint density at radius 3 is 1.82 bits per heavy atom. The first-order chi connectivity index (χ1) is 13.3. The van der Waals surface area contributed by atoms with Gasteiger partial charge in [0.25, 0.3) is 0 Å². The summed E-state index contributed by atoms with van der Waals surface area (Å²) in [5, 5.41) is 2.46. The summed E-state index contributed by atoms with van der Waals surface area (Å²) in [4.78, 5) is 48.8. The molecule has 0 saturated carbocycles. The number of nitrogens with one attached hydrogen (secondary N) is 1. The molecule has 0 atom stereocenters. The van der Waals surface area contributed by atoms with E-state index in [-0.39, 0.29) is 33.4 Å². The number of anilines is 1. The standard InChI is InChI=1S/C20H14ClNO6/c1-10(23)27-13-8-9-14(28-11(2)24)16-15(13)19(25)17(21)18(20(16)26)22-12-6-4-3-5-7-12/h3-9,22H,1-2H3. The van der Waals surface area contributed by atoms with E-state index in [0.29, 0.717) is 5.69 Å². The van der Waals surface area contributed by atoms with Crippen LogP contribution in [0.1, 0.15) is 34.6 Å². The highest BCUT2D eigenvalue weighted by Gasteiger charge is 2.37. The summed E-state index contributed by atoms with van der Waals surface area (Å²) in [7, 11) is 0. The quantitative estimate of drug-likeness (QED) is 0.620. The lowest BCUT2D eigenvalue weighted by Gasteiger charge is -2.22. The first-order valence-electron chi connectivity index (χ1n) is 8.14. The third kappa shape index (κ3) is 3.65. The topological polar surface area (TPSA) is 98.8 Å². The smallest absolute Gasteiger partial charge is 0.308 e. The summed E-state index contributed by atoms with van der Waals surface area (Å²) in [6.45, 7) is 2.31. The maximum atomic E-state index is 13.1. The highest BCUT2D eigenvalue weighted by atomic mass is 35.5. The fourth-order valence-electron chi connectivity index (χ4n) is 2.72. The van der Waals surface area contributed by atoms with E-state index in [0.717, 1.165) is 13.8 Å². The van der Waals surface area contributed by atoms with E-state index >= 15 is 0 Å². The van der Waals surface area contributed by atoms with Crippen LogP contribution in [0.3, 0.4) is 0 Å². The number of hydrogen-bond donors (Lipinski definition) is 1. The molecular weight excluding hydrogens is 386 g/mol. The van der Waals surface area contributed by atoms with E-state index in [4.69, 9.17) is 21.1 Å². The van der Waals surface area contributed by atoms with Crippen molar-refractivity contribution in [2.75, 3.05) is 5.32 Å². The lowest BCUT2D eigenvalue weighted by atomic mass is 9.90. The average Bonchev–Trinajstić information content (AvgIpc) is 2.64. The van der Waals surface area contributed by atoms with Crippen molar-refractivity contribution in [2.45, 2.75) is 13.8 Å². The van der Waals surface area contributed by atoms with Gasteiger partial charge in [-0.15, -0.1) is 0 Å². The van der Waals surface area contributed by atoms with E-state index in [9.17, 15) is 19.2 Å². The van der Waals surface area contributed by atoms with Gasteiger partial charge in [0.2, 0.25) is 11.6 Å². The number of halogens is 1. The molecule has 0 fully saturated rings. The van der Waals surface area contributed by atoms with Crippen LogP contribution in [-0.4, -0.2) is 23.5 Å². The fourth-order valence-corrected chi connectivity index (χ4v) is 2.95. The number of para-hydroxylation sites is 1. The molecule has 0 heterocycles. The van der Waals surface area contributed by atoms with E-state index in [1.54, 1.807) is 30.3 Å². The highest BCUT2D eigenvalue weighted by Crippen LogP contribution is 2.39. The first kappa shape index (κ1) is 19.3. The molecule has 3 rings (SSSR count). The Morgan fingerprint density at radius 2 is 1.32 bits per heavy atom. The van der Waals surface area contributed by atoms with Crippen LogP contribution in [0.25, 0.3) is 0 Å². The molecule has 0 bridgehead atoms. The van der Waals surface area contributed by atoms with Crippen molar-refractivity contribution < 1.29 is 28.7 Å². The molecule has 28 heavy (non-hydrogen) atoms. The maximum Gasteiger partial charge on any atom is 0.308 e. The van der Waals surface area contributed by atoms with Gasteiger partial charge in [0.15, 0.2) is 0 Å². The minimum atomic E-state index is -0.736. The molecule has 142 valence electrons. The number of ether oxygens (including phenoxy) is 2. The van der Waals surface area contributed by atoms with Gasteiger partial charge in [-0.05, 0) is 24.3 Å². The van der Waals surface area contributed by atoms with Crippen LogP contribution in [0, 0.1) is 0 Å². The Kier molecular flexibility index (Phi) is 5.28. The maximum absolute atomic E-state index is 13.1. The summed E-state index contributed by atoms with van der Waals surface area (Å²) in [5.74, 6) is -3.05. The lowest BCUT2D eigenvalue weighted by molar-refractivity contribution is -0.133. The molecule has 0 radical (unpaired) electrons. The minimum absolute atomic E-state index is 0.131. The Morgan fingerprint density at radius 1 is 0.821 bits per heavy atom. The highest BCUT2D eigenvalue weighted by molar-refractivity contribution is 6.51. The number of benzene rings is 2. The Bertz CT molecular complexity index is 1040. The Hall–Kier alpha value is -3.45. The zero-order valence-electron chi connectivity index (χ0n) is 14.9. The SMILES string of the molecule is CC(=O)Oc1ccc(OC(C)=O)c2c1C(=O)C(Cl)=C(Nc1ccccc1)C2=O. The van der Waals surface area contributed by atoms with E-state index in [2.05, 4.69) is 5.32 Å². The van der Waals surface area contributed by atoms with Gasteiger partial charge in [0, 0.05) is 19.5 Å². The molecule has 0 aliphatic heterocycles. The molecule has 0 saturated heterocycles. The fraction of sp³-hybridized carbons (Fsp3) is 0.100. The number of carbonyl (C=O) groups excluding carboxylic acids is 4. The Labute approximate surface area is 164 Å². The summed E-state index contributed by atoms with van der Waals surface area (Å²) in [6.07, 6.45) is 0. The summed E-state index contributed by atoms with van der Waals surface area (Å²) in [6, 6.07) is 11.2. The second-order valence-electron chi connectivity index (χ2n) is 5.84. The summed E-state index contributed by atoms with van der Waals surface area (Å²) >= 11 is 6.17. The van der Waals surface area contributed by atoms with Crippen LogP contribution < -0.4 is 14.8 Å². The molecule has 0 spiro atoms.